The first-order valence-corrected chi connectivity index (χ1v) is 11.2. The molecule has 32 heavy (non-hydrogen) atoms. The summed E-state index contributed by atoms with van der Waals surface area (Å²) in [4.78, 5) is 13.8. The normalized spacial score (nSPS) is 25.4. The Bertz CT molecular complexity index is 1130. The molecular formula is C23H29N5O4. The van der Waals surface area contributed by atoms with Crippen LogP contribution in [0.1, 0.15) is 37.6 Å². The first-order chi connectivity index (χ1) is 15.5. The van der Waals surface area contributed by atoms with Gasteiger partial charge in [0.1, 0.15) is 17.7 Å². The molecule has 2 fully saturated rings. The molecule has 9 heteroatoms. The summed E-state index contributed by atoms with van der Waals surface area (Å²) in [5, 5.41) is 37.9. The summed E-state index contributed by atoms with van der Waals surface area (Å²) in [5.41, 5.74) is 3.10. The van der Waals surface area contributed by atoms with Crippen LogP contribution in [0.15, 0.2) is 22.7 Å². The SMILES string of the molecule is CCc1cc2cc(-c3c(C)nc(NC4CC4)nc3N[C@@H]3C[C@H](CO)[C@@H](O)[C@H]3O)oc2cn1. The predicted molar refractivity (Wildman–Crippen MR) is 120 cm³/mol. The lowest BCUT2D eigenvalue weighted by Crippen LogP contribution is -2.35. The van der Waals surface area contributed by atoms with Crippen LogP contribution in [0.4, 0.5) is 11.8 Å². The largest absolute Gasteiger partial charge is 0.454 e. The molecule has 4 atom stereocenters. The third-order valence-corrected chi connectivity index (χ3v) is 6.43. The van der Waals surface area contributed by atoms with Crippen LogP contribution in [0.5, 0.6) is 0 Å². The van der Waals surface area contributed by atoms with Crippen LogP contribution >= 0.6 is 0 Å². The second kappa shape index (κ2) is 8.31. The molecule has 3 aromatic heterocycles. The quantitative estimate of drug-likeness (QED) is 0.375. The topological polar surface area (TPSA) is 137 Å². The number of fused-ring (bicyclic) bond motifs is 1. The minimum Gasteiger partial charge on any atom is -0.454 e. The van der Waals surface area contributed by atoms with Crippen molar-refractivity contribution in [2.75, 3.05) is 17.2 Å². The predicted octanol–water partition coefficient (Wildman–Crippen LogP) is 2.24. The number of aryl methyl sites for hydroxylation is 2. The van der Waals surface area contributed by atoms with Crippen molar-refractivity contribution >= 4 is 22.7 Å². The number of aliphatic hydroxyl groups excluding tert-OH is 3. The average molecular weight is 440 g/mol. The van der Waals surface area contributed by atoms with Crippen molar-refractivity contribution in [2.45, 2.75) is 63.8 Å². The molecular weight excluding hydrogens is 410 g/mol. The molecule has 0 aromatic carbocycles. The minimum absolute atomic E-state index is 0.184. The third kappa shape index (κ3) is 3.92. The smallest absolute Gasteiger partial charge is 0.225 e. The first-order valence-electron chi connectivity index (χ1n) is 11.2. The van der Waals surface area contributed by atoms with Crippen LogP contribution in [-0.2, 0) is 6.42 Å². The van der Waals surface area contributed by atoms with Crippen LogP contribution in [0.2, 0.25) is 0 Å². The van der Waals surface area contributed by atoms with Gasteiger partial charge in [0.05, 0.1) is 29.6 Å². The van der Waals surface area contributed by atoms with Crippen LogP contribution in [0, 0.1) is 12.8 Å². The highest BCUT2D eigenvalue weighted by Crippen LogP contribution is 2.37. The van der Waals surface area contributed by atoms with Gasteiger partial charge in [-0.2, -0.15) is 4.98 Å². The molecule has 0 radical (unpaired) electrons. The highest BCUT2D eigenvalue weighted by Gasteiger charge is 2.41. The molecule has 170 valence electrons. The Morgan fingerprint density at radius 1 is 1.12 bits per heavy atom. The monoisotopic (exact) mass is 439 g/mol. The highest BCUT2D eigenvalue weighted by atomic mass is 16.3. The maximum absolute atomic E-state index is 10.5. The van der Waals surface area contributed by atoms with E-state index in [1.807, 2.05) is 19.1 Å². The number of nitrogens with one attached hydrogen (secondary N) is 2. The lowest BCUT2D eigenvalue weighted by molar-refractivity contribution is 0.00446. The molecule has 5 N–H and O–H groups in total. The van der Waals surface area contributed by atoms with E-state index < -0.39 is 18.2 Å². The van der Waals surface area contributed by atoms with E-state index in [9.17, 15) is 15.3 Å². The number of anilines is 2. The molecule has 2 aliphatic rings. The molecule has 0 aliphatic heterocycles. The molecule has 0 saturated heterocycles. The summed E-state index contributed by atoms with van der Waals surface area (Å²) in [6.45, 7) is 3.78. The lowest BCUT2D eigenvalue weighted by atomic mass is 10.1. The van der Waals surface area contributed by atoms with Gasteiger partial charge >= 0.3 is 0 Å². The number of nitrogens with zero attached hydrogens (tertiary/aromatic N) is 3. The van der Waals surface area contributed by atoms with E-state index >= 15 is 0 Å². The van der Waals surface area contributed by atoms with E-state index in [-0.39, 0.29) is 12.5 Å². The minimum atomic E-state index is -1.01. The Morgan fingerprint density at radius 3 is 2.62 bits per heavy atom. The number of hydrogen-bond donors (Lipinski definition) is 5. The van der Waals surface area contributed by atoms with Crippen molar-refractivity contribution in [3.63, 3.8) is 0 Å². The summed E-state index contributed by atoms with van der Waals surface area (Å²) >= 11 is 0. The number of hydrogen-bond acceptors (Lipinski definition) is 9. The van der Waals surface area contributed by atoms with Gasteiger partial charge in [0.25, 0.3) is 0 Å². The summed E-state index contributed by atoms with van der Waals surface area (Å²) < 4.78 is 6.11. The Kier molecular flexibility index (Phi) is 5.48. The van der Waals surface area contributed by atoms with Crippen molar-refractivity contribution < 1.29 is 19.7 Å². The standard InChI is InChI=1S/C23H29N5O4/c1-3-14-6-12-8-17(32-18(12)9-24-14)19-11(2)25-23(26-15-4-5-15)28-22(19)27-16-7-13(10-29)20(30)21(16)31/h6,8-9,13,15-16,20-21,29-31H,3-5,7,10H2,1-2H3,(H2,25,26,27,28)/t13-,16-,20-,21+/m1/s1. The van der Waals surface area contributed by atoms with Crippen molar-refractivity contribution in [1.29, 1.82) is 0 Å². The molecule has 5 rings (SSSR count). The summed E-state index contributed by atoms with van der Waals surface area (Å²) in [6.07, 6.45) is 3.17. The lowest BCUT2D eigenvalue weighted by Gasteiger charge is -2.21. The summed E-state index contributed by atoms with van der Waals surface area (Å²) in [5.74, 6) is 1.27. The van der Waals surface area contributed by atoms with Gasteiger partial charge in [-0.1, -0.05) is 6.92 Å². The van der Waals surface area contributed by atoms with Gasteiger partial charge in [0.2, 0.25) is 5.95 Å². The molecule has 0 spiro atoms. The number of aromatic nitrogens is 3. The second-order valence-electron chi connectivity index (χ2n) is 8.86. The summed E-state index contributed by atoms with van der Waals surface area (Å²) in [7, 11) is 0. The number of furan rings is 1. The number of aliphatic hydroxyl groups is 3. The first kappa shape index (κ1) is 21.1. The number of pyridine rings is 1. The van der Waals surface area contributed by atoms with Gasteiger partial charge in [-0.05, 0) is 44.7 Å². The Labute approximate surface area is 185 Å². The van der Waals surface area contributed by atoms with Crippen LogP contribution in [-0.4, -0.2) is 61.2 Å². The van der Waals surface area contributed by atoms with Gasteiger partial charge in [-0.25, -0.2) is 4.98 Å². The van der Waals surface area contributed by atoms with E-state index in [0.29, 0.717) is 41.1 Å². The molecule has 0 bridgehead atoms. The average Bonchev–Trinajstić information content (AvgIpc) is 3.43. The maximum Gasteiger partial charge on any atom is 0.225 e. The molecule has 2 aliphatic carbocycles. The van der Waals surface area contributed by atoms with Gasteiger partial charge in [-0.15, -0.1) is 0 Å². The molecule has 0 unspecified atom stereocenters. The molecule has 9 nitrogen and oxygen atoms in total. The van der Waals surface area contributed by atoms with Crippen LogP contribution < -0.4 is 10.6 Å². The van der Waals surface area contributed by atoms with Crippen molar-refractivity contribution in [3.8, 4) is 11.3 Å². The van der Waals surface area contributed by atoms with Gasteiger partial charge < -0.3 is 30.4 Å². The Balaban J connectivity index is 1.55. The van der Waals surface area contributed by atoms with E-state index in [1.165, 1.54) is 0 Å². The summed E-state index contributed by atoms with van der Waals surface area (Å²) in [6, 6.07) is 3.90. The molecule has 3 heterocycles. The Hall–Kier alpha value is -2.75. The van der Waals surface area contributed by atoms with Crippen molar-refractivity contribution in [2.24, 2.45) is 5.92 Å². The second-order valence-corrected chi connectivity index (χ2v) is 8.86. The zero-order valence-electron chi connectivity index (χ0n) is 18.2. The van der Waals surface area contributed by atoms with Crippen LogP contribution in [0.25, 0.3) is 22.3 Å². The van der Waals surface area contributed by atoms with E-state index in [1.54, 1.807) is 6.20 Å². The molecule has 3 aromatic rings. The molecule has 0 amide bonds. The van der Waals surface area contributed by atoms with Gasteiger partial charge in [-0.3, -0.25) is 4.98 Å². The van der Waals surface area contributed by atoms with Crippen molar-refractivity contribution in [3.05, 3.63) is 29.7 Å². The van der Waals surface area contributed by atoms with Gasteiger partial charge in [0.15, 0.2) is 5.58 Å². The van der Waals surface area contributed by atoms with Crippen LogP contribution in [0.3, 0.4) is 0 Å². The number of rotatable bonds is 7. The van der Waals surface area contributed by atoms with E-state index in [2.05, 4.69) is 27.5 Å². The highest BCUT2D eigenvalue weighted by molar-refractivity contribution is 5.86. The van der Waals surface area contributed by atoms with Crippen molar-refractivity contribution in [1.82, 2.24) is 15.0 Å². The fourth-order valence-corrected chi connectivity index (χ4v) is 4.38. The van der Waals surface area contributed by atoms with Gasteiger partial charge in [0, 0.05) is 29.6 Å². The fourth-order valence-electron chi connectivity index (χ4n) is 4.38. The third-order valence-electron chi connectivity index (χ3n) is 6.43. The van der Waals surface area contributed by atoms with E-state index in [0.717, 1.165) is 36.0 Å². The van der Waals surface area contributed by atoms with E-state index in [4.69, 9.17) is 9.40 Å². The fraction of sp³-hybridized carbons (Fsp3) is 0.522. The zero-order valence-corrected chi connectivity index (χ0v) is 18.2. The Morgan fingerprint density at radius 2 is 1.94 bits per heavy atom. The maximum atomic E-state index is 10.5. The zero-order chi connectivity index (χ0) is 22.4. The molecule has 2 saturated carbocycles.